The van der Waals surface area contributed by atoms with Gasteiger partial charge in [0.25, 0.3) is 5.69 Å². The summed E-state index contributed by atoms with van der Waals surface area (Å²) in [4.78, 5) is 14.7. The van der Waals surface area contributed by atoms with E-state index in [0.29, 0.717) is 28.6 Å². The molecule has 0 aliphatic rings. The molecule has 90 valence electrons. The summed E-state index contributed by atoms with van der Waals surface area (Å²) < 4.78 is 0. The number of nitrogens with zero attached hydrogens (tertiary/aromatic N) is 2. The Balaban J connectivity index is 2.62. The average molecular weight is 258 g/mol. The van der Waals surface area contributed by atoms with Crippen molar-refractivity contribution in [1.82, 2.24) is 4.98 Å². The van der Waals surface area contributed by atoms with Crippen molar-refractivity contribution >= 4 is 29.2 Å². The number of fused-ring (bicyclic) bond motifs is 1. The summed E-state index contributed by atoms with van der Waals surface area (Å²) >= 11 is 4.08. The molecule has 0 fully saturated rings. The SMILES string of the molecule is O=[N+]([O-])c1ccc(C#CCCS)c2ncccc12. The lowest BCUT2D eigenvalue weighted by atomic mass is 10.1. The Hall–Kier alpha value is -2.06. The normalized spacial score (nSPS) is 9.83. The number of thiol groups is 1. The molecule has 0 amide bonds. The molecule has 2 rings (SSSR count). The number of nitro groups is 1. The molecule has 0 radical (unpaired) electrons. The third-order valence-electron chi connectivity index (χ3n) is 2.40. The molecule has 0 saturated heterocycles. The van der Waals surface area contributed by atoms with Gasteiger partial charge in [0.1, 0.15) is 0 Å². The van der Waals surface area contributed by atoms with Crippen LogP contribution in [0.15, 0.2) is 30.5 Å². The maximum absolute atomic E-state index is 10.9. The molecule has 1 heterocycles. The second-order valence-corrected chi connectivity index (χ2v) is 4.01. The van der Waals surface area contributed by atoms with Crippen LogP contribution in [0.4, 0.5) is 5.69 Å². The molecule has 4 nitrogen and oxygen atoms in total. The molecule has 0 atom stereocenters. The van der Waals surface area contributed by atoms with Gasteiger partial charge in [-0.05, 0) is 18.2 Å². The Morgan fingerprint density at radius 2 is 2.22 bits per heavy atom. The second-order valence-electron chi connectivity index (χ2n) is 3.56. The van der Waals surface area contributed by atoms with Crippen LogP contribution in [-0.2, 0) is 0 Å². The van der Waals surface area contributed by atoms with Crippen LogP contribution in [-0.4, -0.2) is 15.7 Å². The first-order valence-electron chi connectivity index (χ1n) is 5.36. The van der Waals surface area contributed by atoms with Crippen molar-refractivity contribution < 1.29 is 4.92 Å². The molecule has 18 heavy (non-hydrogen) atoms. The Labute approximate surface area is 110 Å². The van der Waals surface area contributed by atoms with Crippen molar-refractivity contribution in [2.45, 2.75) is 6.42 Å². The molecular formula is C13H10N2O2S. The third kappa shape index (κ3) is 2.44. The van der Waals surface area contributed by atoms with Crippen molar-refractivity contribution in [3.8, 4) is 11.8 Å². The molecule has 0 bridgehead atoms. The van der Waals surface area contributed by atoms with Crippen LogP contribution in [0.2, 0.25) is 0 Å². The number of hydrogen-bond donors (Lipinski definition) is 1. The number of hydrogen-bond acceptors (Lipinski definition) is 4. The lowest BCUT2D eigenvalue weighted by molar-refractivity contribution is -0.383. The standard InChI is InChI=1S/C13H10N2O2S/c16-15(17)12-7-6-10(4-1-2-9-18)13-11(12)5-3-8-14-13/h3,5-8,18H,2,9H2. The van der Waals surface area contributed by atoms with Gasteiger partial charge in [0, 0.05) is 24.4 Å². The van der Waals surface area contributed by atoms with E-state index < -0.39 is 4.92 Å². The fourth-order valence-corrected chi connectivity index (χ4v) is 1.74. The highest BCUT2D eigenvalue weighted by Crippen LogP contribution is 2.26. The Morgan fingerprint density at radius 3 is 2.94 bits per heavy atom. The van der Waals surface area contributed by atoms with E-state index in [1.807, 2.05) is 0 Å². The number of pyridine rings is 1. The highest BCUT2D eigenvalue weighted by atomic mass is 32.1. The lowest BCUT2D eigenvalue weighted by Gasteiger charge is -2.00. The zero-order valence-electron chi connectivity index (χ0n) is 9.46. The van der Waals surface area contributed by atoms with E-state index in [4.69, 9.17) is 0 Å². The van der Waals surface area contributed by atoms with E-state index in [2.05, 4.69) is 29.5 Å². The summed E-state index contributed by atoms with van der Waals surface area (Å²) in [5.74, 6) is 6.61. The van der Waals surface area contributed by atoms with Gasteiger partial charge in [0.2, 0.25) is 0 Å². The monoisotopic (exact) mass is 258 g/mol. The summed E-state index contributed by atoms with van der Waals surface area (Å²) in [5.41, 5.74) is 1.33. The first-order valence-corrected chi connectivity index (χ1v) is 5.99. The van der Waals surface area contributed by atoms with Gasteiger partial charge in [-0.15, -0.1) is 0 Å². The molecule has 0 aliphatic heterocycles. The van der Waals surface area contributed by atoms with Gasteiger partial charge in [-0.1, -0.05) is 11.8 Å². The molecule has 0 saturated carbocycles. The Bertz CT molecular complexity index is 659. The number of benzene rings is 1. The molecular weight excluding hydrogens is 248 g/mol. The van der Waals surface area contributed by atoms with Gasteiger partial charge in [0.15, 0.2) is 0 Å². The molecule has 5 heteroatoms. The number of nitro benzene ring substituents is 1. The largest absolute Gasteiger partial charge is 0.278 e. The maximum Gasteiger partial charge on any atom is 0.278 e. The lowest BCUT2D eigenvalue weighted by Crippen LogP contribution is -1.92. The number of aromatic nitrogens is 1. The van der Waals surface area contributed by atoms with Crippen LogP contribution in [0.25, 0.3) is 10.9 Å². The highest BCUT2D eigenvalue weighted by molar-refractivity contribution is 7.80. The minimum atomic E-state index is -0.408. The first kappa shape index (κ1) is 12.4. The van der Waals surface area contributed by atoms with Gasteiger partial charge in [0.05, 0.1) is 21.4 Å². The summed E-state index contributed by atoms with van der Waals surface area (Å²) in [6.45, 7) is 0. The molecule has 0 aliphatic carbocycles. The predicted octanol–water partition coefficient (Wildman–Crippen LogP) is 2.81. The topological polar surface area (TPSA) is 56.0 Å². The van der Waals surface area contributed by atoms with E-state index in [9.17, 15) is 10.1 Å². The molecule has 1 aromatic carbocycles. The fraction of sp³-hybridized carbons (Fsp3) is 0.154. The summed E-state index contributed by atoms with van der Waals surface area (Å²) in [5, 5.41) is 11.4. The minimum Gasteiger partial charge on any atom is -0.258 e. The van der Waals surface area contributed by atoms with E-state index in [1.54, 1.807) is 24.4 Å². The van der Waals surface area contributed by atoms with Crippen LogP contribution in [0.1, 0.15) is 12.0 Å². The van der Waals surface area contributed by atoms with Crippen molar-refractivity contribution in [1.29, 1.82) is 0 Å². The average Bonchev–Trinajstić information content (AvgIpc) is 2.38. The molecule has 0 spiro atoms. The van der Waals surface area contributed by atoms with Crippen LogP contribution in [0.3, 0.4) is 0 Å². The molecule has 1 aromatic heterocycles. The molecule has 0 unspecified atom stereocenters. The quantitative estimate of drug-likeness (QED) is 0.390. The predicted molar refractivity (Wildman–Crippen MR) is 73.7 cm³/mol. The smallest absolute Gasteiger partial charge is 0.258 e. The zero-order valence-corrected chi connectivity index (χ0v) is 10.4. The van der Waals surface area contributed by atoms with Gasteiger partial charge < -0.3 is 0 Å². The van der Waals surface area contributed by atoms with E-state index in [-0.39, 0.29) is 5.69 Å². The summed E-state index contributed by atoms with van der Waals surface area (Å²) in [6, 6.07) is 6.47. The summed E-state index contributed by atoms with van der Waals surface area (Å²) in [6.07, 6.45) is 2.28. The summed E-state index contributed by atoms with van der Waals surface area (Å²) in [7, 11) is 0. The van der Waals surface area contributed by atoms with E-state index >= 15 is 0 Å². The second kappa shape index (κ2) is 5.52. The molecule has 2 aromatic rings. The van der Waals surface area contributed by atoms with Crippen LogP contribution >= 0.6 is 12.6 Å². The van der Waals surface area contributed by atoms with Gasteiger partial charge in [-0.3, -0.25) is 15.1 Å². The van der Waals surface area contributed by atoms with E-state index in [1.165, 1.54) is 6.07 Å². The van der Waals surface area contributed by atoms with Gasteiger partial charge in [-0.2, -0.15) is 12.6 Å². The third-order valence-corrected chi connectivity index (χ3v) is 2.63. The number of rotatable bonds is 2. The van der Waals surface area contributed by atoms with Crippen molar-refractivity contribution in [2.75, 3.05) is 5.75 Å². The highest BCUT2D eigenvalue weighted by Gasteiger charge is 2.13. The van der Waals surface area contributed by atoms with Gasteiger partial charge >= 0.3 is 0 Å². The fourth-order valence-electron chi connectivity index (χ4n) is 1.63. The van der Waals surface area contributed by atoms with Crippen LogP contribution in [0, 0.1) is 22.0 Å². The minimum absolute atomic E-state index is 0.0536. The molecule has 0 N–H and O–H groups in total. The Morgan fingerprint density at radius 1 is 1.39 bits per heavy atom. The van der Waals surface area contributed by atoms with Gasteiger partial charge in [-0.25, -0.2) is 0 Å². The maximum atomic E-state index is 10.9. The zero-order chi connectivity index (χ0) is 13.0. The van der Waals surface area contributed by atoms with Crippen LogP contribution < -0.4 is 0 Å². The van der Waals surface area contributed by atoms with E-state index in [0.717, 1.165) is 0 Å². The van der Waals surface area contributed by atoms with Crippen molar-refractivity contribution in [3.63, 3.8) is 0 Å². The Kier molecular flexibility index (Phi) is 3.80. The number of non-ortho nitro benzene ring substituents is 1. The van der Waals surface area contributed by atoms with Crippen molar-refractivity contribution in [2.24, 2.45) is 0 Å². The van der Waals surface area contributed by atoms with Crippen LogP contribution in [0.5, 0.6) is 0 Å². The van der Waals surface area contributed by atoms with Crippen molar-refractivity contribution in [3.05, 3.63) is 46.1 Å². The first-order chi connectivity index (χ1) is 8.74.